The van der Waals surface area contributed by atoms with Gasteiger partial charge < -0.3 is 35.5 Å². The number of Topliss-reactive ketones (excluding diaryl/α,β-unsaturated/α-hetero) is 1. The number of aryl methyl sites for hydroxylation is 6. The van der Waals surface area contributed by atoms with Crippen LogP contribution in [0.15, 0.2) is 97.1 Å². The van der Waals surface area contributed by atoms with Crippen molar-refractivity contribution in [2.75, 3.05) is 46.6 Å². The van der Waals surface area contributed by atoms with Gasteiger partial charge in [0, 0.05) is 75.5 Å². The van der Waals surface area contributed by atoms with Crippen LogP contribution in [0.2, 0.25) is 0 Å². The number of aliphatic hydroxyl groups excluding tert-OH is 2. The number of aliphatic hydroxyl groups is 2. The summed E-state index contributed by atoms with van der Waals surface area (Å²) in [6.45, 7) is 16.3. The van der Waals surface area contributed by atoms with Gasteiger partial charge in [-0.1, -0.05) is 156 Å². The molecular weight excluding hydrogens is 1160 g/mol. The smallest absolute Gasteiger partial charge is 0.129 e. The zero-order valence-electron chi connectivity index (χ0n) is 42.0. The van der Waals surface area contributed by atoms with Crippen LogP contribution in [0.1, 0.15) is 168 Å². The maximum absolute atomic E-state index is 10.7. The van der Waals surface area contributed by atoms with E-state index in [2.05, 4.69) is 113 Å². The minimum absolute atomic E-state index is 0. The second-order valence-corrected chi connectivity index (χ2v) is 16.9. The SMILES string of the molecule is CC(=O)CCCCCOCCCCc1ccccc1.CCCCCCC[N-]CC(O)c1ccc(C)c(CC)c1.CCc1cc(C(O)C[NH-])ccc1C.COCCCCc1ccccc1.[W].[W]. The predicted octanol–water partition coefficient (Wildman–Crippen LogP) is 14.4. The number of carbonyl (C=O) groups excluding carboxylic acids is 1. The zero-order chi connectivity index (χ0) is 47.0. The van der Waals surface area contributed by atoms with Crippen LogP contribution >= 0.6 is 0 Å². The fourth-order valence-corrected chi connectivity index (χ4v) is 7.08. The number of hydrogen-bond acceptors (Lipinski definition) is 5. The average molecular weight is 1250 g/mol. The van der Waals surface area contributed by atoms with Crippen molar-refractivity contribution >= 4 is 5.78 Å². The Kier molecular flexibility index (Phi) is 45.0. The summed E-state index contributed by atoms with van der Waals surface area (Å²) >= 11 is 0. The first-order valence-electron chi connectivity index (χ1n) is 24.6. The van der Waals surface area contributed by atoms with Gasteiger partial charge in [-0.15, -0.1) is 19.6 Å². The summed E-state index contributed by atoms with van der Waals surface area (Å²) < 4.78 is 10.6. The van der Waals surface area contributed by atoms with Crippen LogP contribution in [0.3, 0.4) is 0 Å². The van der Waals surface area contributed by atoms with E-state index in [1.54, 1.807) is 14.0 Å². The van der Waals surface area contributed by atoms with E-state index in [-0.39, 0.29) is 48.7 Å². The molecule has 0 aromatic heterocycles. The van der Waals surface area contributed by atoms with Crippen molar-refractivity contribution in [3.8, 4) is 0 Å². The Morgan fingerprint density at radius 3 is 1.55 bits per heavy atom. The molecule has 4 aromatic carbocycles. The van der Waals surface area contributed by atoms with E-state index in [4.69, 9.17) is 15.2 Å². The molecule has 0 amide bonds. The number of methoxy groups -OCH3 is 1. The molecule has 9 heteroatoms. The van der Waals surface area contributed by atoms with E-state index in [1.807, 2.05) is 24.3 Å². The van der Waals surface area contributed by atoms with Gasteiger partial charge in [-0.05, 0) is 129 Å². The normalized spacial score (nSPS) is 11.2. The molecule has 4 rings (SSSR count). The first-order chi connectivity index (χ1) is 31.1. The quantitative estimate of drug-likeness (QED) is 0.0526. The van der Waals surface area contributed by atoms with Gasteiger partial charge in [0.15, 0.2) is 0 Å². The molecule has 2 unspecified atom stereocenters. The van der Waals surface area contributed by atoms with Crippen LogP contribution in [0.25, 0.3) is 11.1 Å². The Balaban J connectivity index is 0. The first-order valence-corrected chi connectivity index (χ1v) is 24.6. The Morgan fingerprint density at radius 1 is 0.606 bits per heavy atom. The summed E-state index contributed by atoms with van der Waals surface area (Å²) in [5, 5.41) is 24.1. The average Bonchev–Trinajstić information content (AvgIpc) is 3.32. The number of carbonyl (C=O) groups is 1. The van der Waals surface area contributed by atoms with E-state index >= 15 is 0 Å². The molecule has 2 atom stereocenters. The summed E-state index contributed by atoms with van der Waals surface area (Å²) in [5.41, 5.74) is 16.9. The van der Waals surface area contributed by atoms with Crippen LogP contribution < -0.4 is 0 Å². The fraction of sp³-hybridized carbons (Fsp3) is 0.561. The maximum Gasteiger partial charge on any atom is 0.129 e. The first kappa shape index (κ1) is 65.8. The molecule has 66 heavy (non-hydrogen) atoms. The molecule has 0 aliphatic carbocycles. The molecule has 0 saturated heterocycles. The minimum Gasteiger partial charge on any atom is -0.675 e. The summed E-state index contributed by atoms with van der Waals surface area (Å²) in [6, 6.07) is 33.3. The minimum atomic E-state index is -0.633. The molecule has 0 spiro atoms. The van der Waals surface area contributed by atoms with Crippen LogP contribution in [0, 0.1) is 13.8 Å². The van der Waals surface area contributed by atoms with Crippen LogP contribution in [-0.2, 0) is 82.1 Å². The van der Waals surface area contributed by atoms with Crippen LogP contribution in [-0.4, -0.2) is 62.6 Å². The predicted molar refractivity (Wildman–Crippen MR) is 273 cm³/mol. The number of unbranched alkanes of at least 4 members (excludes halogenated alkanes) is 8. The molecular formula is C57H88N2O5W2-2. The molecule has 0 bridgehead atoms. The standard InChI is InChI=1S/C18H30NO.C17H26O2.C11H16NO.C11H16O.2W/c1-4-6-7-8-9-12-19-14-18(20)17-11-10-15(3)16(5-2)13-17;1-16(18)10-4-3-8-14-19-15-9-7-13-17-11-5-2-6-12-17;1-3-9-6-10(11(13)7-12)5-4-8(9)2;1-12-10-6-5-9-11-7-3-2-4-8-11;;/h10-11,13,18,20H,4-9,12,14H2,1-3H3;2,5-6,11-12H,3-4,7-10,13-15H2,1H3;4-6,11-13H,3,7H2,1-2H3;2-4,7-8H,5-6,9-10H2,1H3;;/q-1;;-1;;;. The Labute approximate surface area is 431 Å². The number of nitrogens with one attached hydrogen (secondary N) is 1. The molecule has 0 aliphatic heterocycles. The third kappa shape index (κ3) is 34.0. The monoisotopic (exact) mass is 1250 g/mol. The number of nitrogens with zero attached hydrogens (tertiary/aromatic N) is 1. The number of ether oxygens (including phenoxy) is 2. The Morgan fingerprint density at radius 2 is 1.08 bits per heavy atom. The third-order valence-electron chi connectivity index (χ3n) is 11.3. The van der Waals surface area contributed by atoms with Crippen molar-refractivity contribution in [1.29, 1.82) is 0 Å². The van der Waals surface area contributed by atoms with Gasteiger partial charge in [0.05, 0.1) is 12.2 Å². The maximum atomic E-state index is 10.7. The van der Waals surface area contributed by atoms with E-state index in [0.29, 0.717) is 12.3 Å². The van der Waals surface area contributed by atoms with E-state index in [0.717, 1.165) is 102 Å². The summed E-state index contributed by atoms with van der Waals surface area (Å²) in [6.07, 6.45) is 18.2. The molecule has 3 N–H and O–H groups in total. The molecule has 0 fully saturated rings. The van der Waals surface area contributed by atoms with Crippen molar-refractivity contribution in [2.24, 2.45) is 0 Å². The summed E-state index contributed by atoms with van der Waals surface area (Å²) in [5.74, 6) is 0.293. The van der Waals surface area contributed by atoms with Gasteiger partial charge in [-0.25, -0.2) is 0 Å². The van der Waals surface area contributed by atoms with E-state index < -0.39 is 12.2 Å². The van der Waals surface area contributed by atoms with Crippen molar-refractivity contribution in [3.63, 3.8) is 0 Å². The topological polar surface area (TPSA) is 114 Å². The van der Waals surface area contributed by atoms with Gasteiger partial charge in [0.1, 0.15) is 5.78 Å². The van der Waals surface area contributed by atoms with Gasteiger partial charge >= 0.3 is 0 Å². The van der Waals surface area contributed by atoms with Gasteiger partial charge in [0.25, 0.3) is 0 Å². The molecule has 0 aliphatic rings. The molecule has 0 radical (unpaired) electrons. The van der Waals surface area contributed by atoms with Crippen molar-refractivity contribution in [1.82, 2.24) is 0 Å². The second-order valence-electron chi connectivity index (χ2n) is 16.9. The summed E-state index contributed by atoms with van der Waals surface area (Å²) in [4.78, 5) is 10.7. The largest absolute Gasteiger partial charge is 0.675 e. The van der Waals surface area contributed by atoms with Crippen LogP contribution in [0.4, 0.5) is 0 Å². The molecule has 7 nitrogen and oxygen atoms in total. The molecule has 0 heterocycles. The van der Waals surface area contributed by atoms with Crippen LogP contribution in [0.5, 0.6) is 0 Å². The van der Waals surface area contributed by atoms with E-state index in [1.165, 1.54) is 78.3 Å². The summed E-state index contributed by atoms with van der Waals surface area (Å²) in [7, 11) is 1.75. The van der Waals surface area contributed by atoms with Crippen molar-refractivity contribution in [3.05, 3.63) is 153 Å². The molecule has 0 saturated carbocycles. The zero-order valence-corrected chi connectivity index (χ0v) is 47.9. The fourth-order valence-electron chi connectivity index (χ4n) is 7.08. The Hall–Kier alpha value is -2.31. The Bertz CT molecular complexity index is 1700. The molecule has 4 aromatic rings. The number of rotatable bonds is 29. The van der Waals surface area contributed by atoms with E-state index in [9.17, 15) is 15.0 Å². The van der Waals surface area contributed by atoms with Crippen molar-refractivity contribution < 1.29 is 66.6 Å². The number of ketones is 1. The van der Waals surface area contributed by atoms with Crippen molar-refractivity contribution in [2.45, 2.75) is 163 Å². The second kappa shape index (κ2) is 45.1. The van der Waals surface area contributed by atoms with Gasteiger partial charge in [-0.3, -0.25) is 0 Å². The molecule has 370 valence electrons. The number of benzene rings is 4. The van der Waals surface area contributed by atoms with Gasteiger partial charge in [-0.2, -0.15) is 0 Å². The van der Waals surface area contributed by atoms with Gasteiger partial charge in [0.2, 0.25) is 0 Å². The third-order valence-corrected chi connectivity index (χ3v) is 11.3. The number of hydrogen-bond donors (Lipinski definition) is 2.